The van der Waals surface area contributed by atoms with Crippen molar-refractivity contribution in [3.8, 4) is 0 Å². The van der Waals surface area contributed by atoms with Gasteiger partial charge in [-0.3, -0.25) is 4.79 Å². The highest BCUT2D eigenvalue weighted by molar-refractivity contribution is 6.35. The Morgan fingerprint density at radius 2 is 2.06 bits per heavy atom. The normalized spacial score (nSPS) is 19.0. The minimum absolute atomic E-state index is 0.248. The maximum Gasteiger partial charge on any atom is 0.326 e. The number of carbonyl (C=O) groups is 2. The summed E-state index contributed by atoms with van der Waals surface area (Å²) in [7, 11) is 0. The van der Waals surface area contributed by atoms with Crippen LogP contribution in [0.3, 0.4) is 0 Å². The van der Waals surface area contributed by atoms with Crippen LogP contribution in [0, 0.1) is 0 Å². The van der Waals surface area contributed by atoms with Gasteiger partial charge >= 0.3 is 5.97 Å². The van der Waals surface area contributed by atoms with E-state index in [2.05, 4.69) is 0 Å². The van der Waals surface area contributed by atoms with Crippen LogP contribution in [0.15, 0.2) is 18.2 Å². The van der Waals surface area contributed by atoms with Gasteiger partial charge in [0.25, 0.3) is 5.91 Å². The van der Waals surface area contributed by atoms with Crippen LogP contribution in [0.25, 0.3) is 0 Å². The average Bonchev–Trinajstić information content (AvgIpc) is 2.80. The van der Waals surface area contributed by atoms with Gasteiger partial charge in [-0.05, 0) is 31.0 Å². The van der Waals surface area contributed by atoms with Crippen molar-refractivity contribution in [1.29, 1.82) is 0 Å². The fourth-order valence-corrected chi connectivity index (χ4v) is 2.45. The molecule has 1 heterocycles. The lowest BCUT2D eigenvalue weighted by molar-refractivity contribution is -0.141. The van der Waals surface area contributed by atoms with Gasteiger partial charge in [-0.15, -0.1) is 0 Å². The largest absolute Gasteiger partial charge is 0.480 e. The first-order valence-electron chi connectivity index (χ1n) is 5.49. The van der Waals surface area contributed by atoms with Gasteiger partial charge in [-0.25, -0.2) is 4.79 Å². The first-order valence-corrected chi connectivity index (χ1v) is 6.25. The van der Waals surface area contributed by atoms with E-state index in [-0.39, 0.29) is 16.5 Å². The molecule has 0 bridgehead atoms. The number of hydrogen-bond donors (Lipinski definition) is 1. The molecule has 1 aliphatic heterocycles. The van der Waals surface area contributed by atoms with Gasteiger partial charge in [0.1, 0.15) is 6.04 Å². The molecule has 1 aliphatic rings. The zero-order valence-electron chi connectivity index (χ0n) is 9.40. The summed E-state index contributed by atoms with van der Waals surface area (Å²) in [6.07, 6.45) is 1.15. The van der Waals surface area contributed by atoms with Crippen LogP contribution in [0.5, 0.6) is 0 Å². The number of carboxylic acid groups (broad SMARTS) is 1. The van der Waals surface area contributed by atoms with Crippen LogP contribution in [-0.2, 0) is 4.79 Å². The van der Waals surface area contributed by atoms with E-state index < -0.39 is 12.0 Å². The number of likely N-dealkylation sites (tertiary alicyclic amines) is 1. The molecule has 2 rings (SSSR count). The smallest absolute Gasteiger partial charge is 0.326 e. The van der Waals surface area contributed by atoms with E-state index in [1.807, 2.05) is 0 Å². The van der Waals surface area contributed by atoms with Crippen LogP contribution < -0.4 is 0 Å². The summed E-state index contributed by atoms with van der Waals surface area (Å²) >= 11 is 11.8. The molecular formula is C12H11Cl2NO3. The first kappa shape index (κ1) is 13.2. The van der Waals surface area contributed by atoms with Crippen LogP contribution in [0.2, 0.25) is 10.0 Å². The van der Waals surface area contributed by atoms with E-state index in [9.17, 15) is 9.59 Å². The quantitative estimate of drug-likeness (QED) is 0.910. The van der Waals surface area contributed by atoms with E-state index in [0.29, 0.717) is 24.4 Å². The first-order chi connectivity index (χ1) is 8.50. The molecule has 1 aromatic carbocycles. The molecule has 1 amide bonds. The molecule has 1 aromatic rings. The van der Waals surface area contributed by atoms with E-state index in [1.165, 1.54) is 17.0 Å². The topological polar surface area (TPSA) is 57.6 Å². The Kier molecular flexibility index (Phi) is 3.78. The third kappa shape index (κ3) is 2.44. The SMILES string of the molecule is O=C(O)C1CCCN1C(=O)c1cc(Cl)ccc1Cl. The second-order valence-electron chi connectivity index (χ2n) is 4.12. The highest BCUT2D eigenvalue weighted by Crippen LogP contribution is 2.26. The molecule has 18 heavy (non-hydrogen) atoms. The lowest BCUT2D eigenvalue weighted by atomic mass is 10.1. The summed E-state index contributed by atoms with van der Waals surface area (Å²) in [5, 5.41) is 9.73. The molecule has 6 heteroatoms. The highest BCUT2D eigenvalue weighted by atomic mass is 35.5. The minimum Gasteiger partial charge on any atom is -0.480 e. The van der Waals surface area contributed by atoms with Gasteiger partial charge in [0.15, 0.2) is 0 Å². The van der Waals surface area contributed by atoms with Crippen molar-refractivity contribution in [2.24, 2.45) is 0 Å². The van der Waals surface area contributed by atoms with E-state index >= 15 is 0 Å². The molecule has 4 nitrogen and oxygen atoms in total. The second kappa shape index (κ2) is 5.16. The maximum atomic E-state index is 12.3. The monoisotopic (exact) mass is 287 g/mol. The highest BCUT2D eigenvalue weighted by Gasteiger charge is 2.35. The van der Waals surface area contributed by atoms with E-state index in [1.54, 1.807) is 6.07 Å². The van der Waals surface area contributed by atoms with E-state index in [4.69, 9.17) is 28.3 Å². The van der Waals surface area contributed by atoms with Crippen molar-refractivity contribution in [2.75, 3.05) is 6.54 Å². The Bertz CT molecular complexity index is 504. The van der Waals surface area contributed by atoms with Crippen molar-refractivity contribution < 1.29 is 14.7 Å². The number of hydrogen-bond acceptors (Lipinski definition) is 2. The van der Waals surface area contributed by atoms with Crippen molar-refractivity contribution >= 4 is 35.1 Å². The van der Waals surface area contributed by atoms with E-state index in [0.717, 1.165) is 0 Å². The molecule has 1 unspecified atom stereocenters. The Morgan fingerprint density at radius 1 is 1.33 bits per heavy atom. The molecule has 0 aliphatic carbocycles. The van der Waals surface area contributed by atoms with Crippen LogP contribution in [-0.4, -0.2) is 34.5 Å². The number of carboxylic acids is 1. The predicted octanol–water partition coefficient (Wildman–Crippen LogP) is 2.68. The number of rotatable bonds is 2. The van der Waals surface area contributed by atoms with Crippen molar-refractivity contribution in [3.63, 3.8) is 0 Å². The minimum atomic E-state index is -0.987. The number of halogens is 2. The predicted molar refractivity (Wildman–Crippen MR) is 68.2 cm³/mol. The molecule has 0 aromatic heterocycles. The van der Waals surface area contributed by atoms with Gasteiger partial charge < -0.3 is 10.0 Å². The summed E-state index contributed by atoms with van der Waals surface area (Å²) in [5.41, 5.74) is 0.248. The van der Waals surface area contributed by atoms with Crippen molar-refractivity contribution in [3.05, 3.63) is 33.8 Å². The number of carbonyl (C=O) groups excluding carboxylic acids is 1. The second-order valence-corrected chi connectivity index (χ2v) is 4.96. The number of amides is 1. The molecule has 0 radical (unpaired) electrons. The Labute approximate surface area is 114 Å². The summed E-state index contributed by atoms with van der Waals surface area (Å²) in [5.74, 6) is -1.37. The Balaban J connectivity index is 2.31. The number of nitrogens with zero attached hydrogens (tertiary/aromatic N) is 1. The van der Waals surface area contributed by atoms with Crippen LogP contribution in [0.1, 0.15) is 23.2 Å². The van der Waals surface area contributed by atoms with Crippen molar-refractivity contribution in [2.45, 2.75) is 18.9 Å². The van der Waals surface area contributed by atoms with Gasteiger partial charge in [0.05, 0.1) is 10.6 Å². The molecule has 0 saturated carbocycles. The lowest BCUT2D eigenvalue weighted by Gasteiger charge is -2.22. The van der Waals surface area contributed by atoms with Gasteiger partial charge in [-0.1, -0.05) is 23.2 Å². The molecule has 1 N–H and O–H groups in total. The zero-order chi connectivity index (χ0) is 13.3. The average molecular weight is 288 g/mol. The van der Waals surface area contributed by atoms with Gasteiger partial charge in [0, 0.05) is 11.6 Å². The molecule has 1 fully saturated rings. The third-order valence-electron chi connectivity index (χ3n) is 2.96. The Hall–Kier alpha value is -1.26. The maximum absolute atomic E-state index is 12.3. The molecule has 1 atom stereocenters. The summed E-state index contributed by atoms with van der Waals surface area (Å²) in [6.45, 7) is 0.429. The summed E-state index contributed by atoms with van der Waals surface area (Å²) in [6, 6.07) is 3.80. The lowest BCUT2D eigenvalue weighted by Crippen LogP contribution is -2.40. The Morgan fingerprint density at radius 3 is 2.72 bits per heavy atom. The fraction of sp³-hybridized carbons (Fsp3) is 0.333. The van der Waals surface area contributed by atoms with Crippen LogP contribution in [0.4, 0.5) is 0 Å². The standard InChI is InChI=1S/C12H11Cl2NO3/c13-7-3-4-9(14)8(6-7)11(16)15-5-1-2-10(15)12(17)18/h3-4,6,10H,1-2,5H2,(H,17,18). The third-order valence-corrected chi connectivity index (χ3v) is 3.52. The summed E-state index contributed by atoms with van der Waals surface area (Å²) < 4.78 is 0. The fourth-order valence-electron chi connectivity index (χ4n) is 2.08. The molecule has 0 spiro atoms. The van der Waals surface area contributed by atoms with Crippen LogP contribution >= 0.6 is 23.2 Å². The molecule has 96 valence electrons. The zero-order valence-corrected chi connectivity index (χ0v) is 10.9. The van der Waals surface area contributed by atoms with Gasteiger partial charge in [-0.2, -0.15) is 0 Å². The number of benzene rings is 1. The van der Waals surface area contributed by atoms with Crippen molar-refractivity contribution in [1.82, 2.24) is 4.90 Å². The molecular weight excluding hydrogens is 277 g/mol. The van der Waals surface area contributed by atoms with Gasteiger partial charge in [0.2, 0.25) is 0 Å². The molecule has 1 saturated heterocycles. The summed E-state index contributed by atoms with van der Waals surface area (Å²) in [4.78, 5) is 24.6. The number of aliphatic carboxylic acids is 1.